The van der Waals surface area contributed by atoms with Crippen molar-refractivity contribution in [2.45, 2.75) is 38.0 Å². The largest absolute Gasteiger partial charge is 0.263 e. The zero-order valence-corrected chi connectivity index (χ0v) is 9.72. The van der Waals surface area contributed by atoms with Gasteiger partial charge in [-0.3, -0.25) is 5.10 Å². The summed E-state index contributed by atoms with van der Waals surface area (Å²) in [7, 11) is 0. The first-order valence-corrected chi connectivity index (χ1v) is 7.06. The van der Waals surface area contributed by atoms with Crippen LogP contribution in [0.3, 0.4) is 0 Å². The Bertz CT molecular complexity index is 326. The van der Waals surface area contributed by atoms with E-state index in [1.807, 2.05) is 0 Å². The number of hydrogen-bond donors (Lipinski definition) is 1. The summed E-state index contributed by atoms with van der Waals surface area (Å²) < 4.78 is 0. The van der Waals surface area contributed by atoms with Crippen LogP contribution in [-0.4, -0.2) is 26.7 Å². The molecule has 2 fully saturated rings. The standard InChI is InChI=1S/C11H17N3S/c1-2-9(1)11-12-10(13-14-11)7-8-3-5-15-6-4-8/h8-9H,1-7H2,(H,12,13,14). The van der Waals surface area contributed by atoms with Crippen molar-refractivity contribution in [3.63, 3.8) is 0 Å². The van der Waals surface area contributed by atoms with Gasteiger partial charge < -0.3 is 0 Å². The quantitative estimate of drug-likeness (QED) is 0.855. The van der Waals surface area contributed by atoms with Gasteiger partial charge in [-0.05, 0) is 43.1 Å². The molecule has 0 spiro atoms. The number of hydrogen-bond acceptors (Lipinski definition) is 3. The van der Waals surface area contributed by atoms with Gasteiger partial charge in [0.2, 0.25) is 0 Å². The lowest BCUT2D eigenvalue weighted by Gasteiger charge is -2.19. The molecule has 4 heteroatoms. The number of nitrogens with one attached hydrogen (secondary N) is 1. The third-order valence-electron chi connectivity index (χ3n) is 3.31. The lowest BCUT2D eigenvalue weighted by Crippen LogP contribution is -2.13. The Balaban J connectivity index is 1.60. The molecule has 0 radical (unpaired) electrons. The molecule has 1 saturated heterocycles. The fourth-order valence-electron chi connectivity index (χ4n) is 2.15. The number of nitrogens with zero attached hydrogens (tertiary/aromatic N) is 2. The average Bonchev–Trinajstić information content (AvgIpc) is 3.02. The van der Waals surface area contributed by atoms with Crippen LogP contribution < -0.4 is 0 Å². The van der Waals surface area contributed by atoms with E-state index in [4.69, 9.17) is 0 Å². The summed E-state index contributed by atoms with van der Waals surface area (Å²) in [6.07, 6.45) is 6.39. The van der Waals surface area contributed by atoms with Crippen LogP contribution in [0.5, 0.6) is 0 Å². The molecule has 0 unspecified atom stereocenters. The van der Waals surface area contributed by atoms with Gasteiger partial charge in [-0.2, -0.15) is 16.9 Å². The summed E-state index contributed by atoms with van der Waals surface area (Å²) >= 11 is 2.08. The van der Waals surface area contributed by atoms with E-state index in [9.17, 15) is 0 Å². The number of aromatic nitrogens is 3. The smallest absolute Gasteiger partial charge is 0.153 e. The lowest BCUT2D eigenvalue weighted by atomic mass is 9.99. The SMILES string of the molecule is C1CC(Cc2nc(C3CC3)n[nH]2)CCS1. The van der Waals surface area contributed by atoms with Gasteiger partial charge in [0.15, 0.2) is 5.82 Å². The monoisotopic (exact) mass is 223 g/mol. The van der Waals surface area contributed by atoms with Gasteiger partial charge in [-0.1, -0.05) is 0 Å². The van der Waals surface area contributed by atoms with Crippen molar-refractivity contribution in [2.24, 2.45) is 5.92 Å². The Morgan fingerprint density at radius 1 is 1.20 bits per heavy atom. The molecular formula is C11H17N3S. The van der Waals surface area contributed by atoms with E-state index in [0.717, 1.165) is 24.0 Å². The topological polar surface area (TPSA) is 41.6 Å². The van der Waals surface area contributed by atoms with Crippen LogP contribution in [0.25, 0.3) is 0 Å². The first kappa shape index (κ1) is 9.70. The van der Waals surface area contributed by atoms with Crippen LogP contribution in [0.2, 0.25) is 0 Å². The Kier molecular flexibility index (Phi) is 2.69. The zero-order chi connectivity index (χ0) is 10.1. The molecule has 2 heterocycles. The summed E-state index contributed by atoms with van der Waals surface area (Å²) in [6.45, 7) is 0. The molecule has 1 aromatic heterocycles. The highest BCUT2D eigenvalue weighted by Crippen LogP contribution is 2.38. The number of rotatable bonds is 3. The van der Waals surface area contributed by atoms with E-state index in [-0.39, 0.29) is 0 Å². The molecule has 1 aromatic rings. The van der Waals surface area contributed by atoms with Crippen molar-refractivity contribution in [2.75, 3.05) is 11.5 Å². The molecule has 1 aliphatic carbocycles. The van der Waals surface area contributed by atoms with Crippen molar-refractivity contribution in [1.82, 2.24) is 15.2 Å². The normalized spacial score (nSPS) is 23.2. The summed E-state index contributed by atoms with van der Waals surface area (Å²) in [6, 6.07) is 0. The molecule has 15 heavy (non-hydrogen) atoms. The number of aromatic amines is 1. The van der Waals surface area contributed by atoms with Crippen molar-refractivity contribution in [1.29, 1.82) is 0 Å². The Morgan fingerprint density at radius 2 is 2.00 bits per heavy atom. The van der Waals surface area contributed by atoms with Gasteiger partial charge in [0.05, 0.1) is 0 Å². The Hall–Kier alpha value is -0.510. The summed E-state index contributed by atoms with van der Waals surface area (Å²) in [5, 5.41) is 7.41. The van der Waals surface area contributed by atoms with Crippen molar-refractivity contribution < 1.29 is 0 Å². The maximum absolute atomic E-state index is 4.59. The van der Waals surface area contributed by atoms with Gasteiger partial charge in [0.1, 0.15) is 5.82 Å². The summed E-state index contributed by atoms with van der Waals surface area (Å²) in [5.41, 5.74) is 0. The predicted molar refractivity (Wildman–Crippen MR) is 62.1 cm³/mol. The van der Waals surface area contributed by atoms with Crippen LogP contribution in [0, 0.1) is 5.92 Å². The predicted octanol–water partition coefficient (Wildman–Crippen LogP) is 2.37. The van der Waals surface area contributed by atoms with E-state index in [2.05, 4.69) is 26.9 Å². The van der Waals surface area contributed by atoms with Gasteiger partial charge in [0.25, 0.3) is 0 Å². The van der Waals surface area contributed by atoms with E-state index >= 15 is 0 Å². The van der Waals surface area contributed by atoms with E-state index < -0.39 is 0 Å². The highest BCUT2D eigenvalue weighted by Gasteiger charge is 2.28. The second-order valence-electron chi connectivity index (χ2n) is 4.67. The minimum atomic E-state index is 0.678. The van der Waals surface area contributed by atoms with Gasteiger partial charge in [0, 0.05) is 12.3 Å². The molecule has 0 aromatic carbocycles. The summed E-state index contributed by atoms with van der Waals surface area (Å²) in [4.78, 5) is 4.59. The third kappa shape index (κ3) is 2.36. The highest BCUT2D eigenvalue weighted by molar-refractivity contribution is 7.99. The fraction of sp³-hybridized carbons (Fsp3) is 0.818. The Morgan fingerprint density at radius 3 is 2.73 bits per heavy atom. The maximum atomic E-state index is 4.59. The molecule has 82 valence electrons. The van der Waals surface area contributed by atoms with Crippen molar-refractivity contribution in [3.8, 4) is 0 Å². The van der Waals surface area contributed by atoms with Gasteiger partial charge in [-0.25, -0.2) is 4.98 Å². The number of H-pyrrole nitrogens is 1. The maximum Gasteiger partial charge on any atom is 0.153 e. The molecule has 0 atom stereocenters. The second-order valence-corrected chi connectivity index (χ2v) is 5.90. The number of thioether (sulfide) groups is 1. The van der Waals surface area contributed by atoms with E-state index in [1.165, 1.54) is 37.2 Å². The average molecular weight is 223 g/mol. The molecular weight excluding hydrogens is 206 g/mol. The zero-order valence-electron chi connectivity index (χ0n) is 8.91. The van der Waals surface area contributed by atoms with Gasteiger partial charge >= 0.3 is 0 Å². The van der Waals surface area contributed by atoms with Crippen LogP contribution >= 0.6 is 11.8 Å². The van der Waals surface area contributed by atoms with Crippen molar-refractivity contribution in [3.05, 3.63) is 11.6 Å². The van der Waals surface area contributed by atoms with Crippen molar-refractivity contribution >= 4 is 11.8 Å². The molecule has 3 rings (SSSR count). The Labute approximate surface area is 94.4 Å². The fourth-order valence-corrected chi connectivity index (χ4v) is 3.35. The molecule has 1 N–H and O–H groups in total. The van der Waals surface area contributed by atoms with Crippen LogP contribution in [0.1, 0.15) is 43.3 Å². The molecule has 0 bridgehead atoms. The molecule has 3 nitrogen and oxygen atoms in total. The molecule has 1 aliphatic heterocycles. The minimum absolute atomic E-state index is 0.678. The first-order valence-electron chi connectivity index (χ1n) is 5.91. The van der Waals surface area contributed by atoms with E-state index in [0.29, 0.717) is 5.92 Å². The second kappa shape index (κ2) is 4.16. The third-order valence-corrected chi connectivity index (χ3v) is 4.36. The van der Waals surface area contributed by atoms with Crippen LogP contribution in [-0.2, 0) is 6.42 Å². The van der Waals surface area contributed by atoms with Gasteiger partial charge in [-0.15, -0.1) is 0 Å². The van der Waals surface area contributed by atoms with Crippen LogP contribution in [0.15, 0.2) is 0 Å². The minimum Gasteiger partial charge on any atom is -0.263 e. The molecule has 0 amide bonds. The first-order chi connectivity index (χ1) is 7.42. The molecule has 1 saturated carbocycles. The lowest BCUT2D eigenvalue weighted by molar-refractivity contribution is 0.477. The molecule has 2 aliphatic rings. The highest BCUT2D eigenvalue weighted by atomic mass is 32.2. The van der Waals surface area contributed by atoms with E-state index in [1.54, 1.807) is 0 Å². The summed E-state index contributed by atoms with van der Waals surface area (Å²) in [5.74, 6) is 6.36. The van der Waals surface area contributed by atoms with Crippen LogP contribution in [0.4, 0.5) is 0 Å².